The SMILES string of the molecule is COc1ccc2[nH]c(C)c(C)c2c1CCN. The summed E-state index contributed by atoms with van der Waals surface area (Å²) < 4.78 is 5.40. The first-order chi connectivity index (χ1) is 7.69. The lowest BCUT2D eigenvalue weighted by Crippen LogP contribution is -2.05. The van der Waals surface area contributed by atoms with E-state index >= 15 is 0 Å². The number of methoxy groups -OCH3 is 1. The summed E-state index contributed by atoms with van der Waals surface area (Å²) in [5.41, 5.74) is 10.5. The Hall–Kier alpha value is -1.48. The third-order valence-corrected chi connectivity index (χ3v) is 3.14. The van der Waals surface area contributed by atoms with Crippen molar-refractivity contribution in [2.45, 2.75) is 20.3 Å². The first-order valence-corrected chi connectivity index (χ1v) is 5.53. The van der Waals surface area contributed by atoms with E-state index in [0.29, 0.717) is 6.54 Å². The molecular formula is C13H18N2O. The Labute approximate surface area is 95.6 Å². The van der Waals surface area contributed by atoms with E-state index in [-0.39, 0.29) is 0 Å². The summed E-state index contributed by atoms with van der Waals surface area (Å²) >= 11 is 0. The van der Waals surface area contributed by atoms with Crippen molar-refractivity contribution in [1.29, 1.82) is 0 Å². The first kappa shape index (κ1) is 11.0. The fraction of sp³-hybridized carbons (Fsp3) is 0.385. The van der Waals surface area contributed by atoms with Crippen molar-refractivity contribution in [3.63, 3.8) is 0 Å². The van der Waals surface area contributed by atoms with Gasteiger partial charge in [0.15, 0.2) is 0 Å². The normalized spacial score (nSPS) is 11.0. The lowest BCUT2D eigenvalue weighted by molar-refractivity contribution is 0.410. The fourth-order valence-electron chi connectivity index (χ4n) is 2.23. The standard InChI is InChI=1S/C13H18N2O/c1-8-9(2)15-11-4-5-12(16-3)10(6-7-14)13(8)11/h4-5,15H,6-7,14H2,1-3H3. The maximum absolute atomic E-state index is 5.67. The molecule has 1 aromatic carbocycles. The van der Waals surface area contributed by atoms with E-state index in [9.17, 15) is 0 Å². The highest BCUT2D eigenvalue weighted by Gasteiger charge is 2.12. The molecule has 0 atom stereocenters. The van der Waals surface area contributed by atoms with Crippen LogP contribution in [0.5, 0.6) is 5.75 Å². The van der Waals surface area contributed by atoms with E-state index in [2.05, 4.69) is 24.9 Å². The zero-order valence-corrected chi connectivity index (χ0v) is 10.1. The Morgan fingerprint density at radius 1 is 1.31 bits per heavy atom. The number of benzene rings is 1. The van der Waals surface area contributed by atoms with Gasteiger partial charge < -0.3 is 15.5 Å². The highest BCUT2D eigenvalue weighted by atomic mass is 16.5. The van der Waals surface area contributed by atoms with Crippen LogP contribution in [0, 0.1) is 13.8 Å². The minimum Gasteiger partial charge on any atom is -0.496 e. The number of rotatable bonds is 3. The van der Waals surface area contributed by atoms with E-state index in [0.717, 1.165) is 12.2 Å². The van der Waals surface area contributed by atoms with Gasteiger partial charge in [-0.2, -0.15) is 0 Å². The van der Waals surface area contributed by atoms with Crippen LogP contribution in [-0.2, 0) is 6.42 Å². The van der Waals surface area contributed by atoms with Gasteiger partial charge in [-0.05, 0) is 44.5 Å². The molecule has 0 radical (unpaired) electrons. The van der Waals surface area contributed by atoms with Crippen LogP contribution in [0.25, 0.3) is 10.9 Å². The second-order valence-electron chi connectivity index (χ2n) is 4.08. The monoisotopic (exact) mass is 218 g/mol. The van der Waals surface area contributed by atoms with Crippen LogP contribution in [0.4, 0.5) is 0 Å². The molecule has 3 N–H and O–H groups in total. The molecule has 0 saturated heterocycles. The van der Waals surface area contributed by atoms with E-state index in [1.807, 2.05) is 6.07 Å². The number of aromatic amines is 1. The van der Waals surface area contributed by atoms with Crippen molar-refractivity contribution in [3.05, 3.63) is 29.0 Å². The second kappa shape index (κ2) is 4.18. The summed E-state index contributed by atoms with van der Waals surface area (Å²) in [5.74, 6) is 0.931. The van der Waals surface area contributed by atoms with Gasteiger partial charge in [-0.25, -0.2) is 0 Å². The maximum atomic E-state index is 5.67. The molecule has 0 saturated carbocycles. The largest absolute Gasteiger partial charge is 0.496 e. The number of hydrogen-bond acceptors (Lipinski definition) is 2. The van der Waals surface area contributed by atoms with Crippen molar-refractivity contribution in [2.24, 2.45) is 5.73 Å². The van der Waals surface area contributed by atoms with Gasteiger partial charge in [-0.1, -0.05) is 0 Å². The van der Waals surface area contributed by atoms with Gasteiger partial charge >= 0.3 is 0 Å². The molecule has 3 heteroatoms. The smallest absolute Gasteiger partial charge is 0.122 e. The number of hydrogen-bond donors (Lipinski definition) is 2. The minimum absolute atomic E-state index is 0.638. The highest BCUT2D eigenvalue weighted by Crippen LogP contribution is 2.31. The van der Waals surface area contributed by atoms with Crippen molar-refractivity contribution in [1.82, 2.24) is 4.98 Å². The molecule has 2 rings (SSSR count). The number of nitrogens with one attached hydrogen (secondary N) is 1. The van der Waals surface area contributed by atoms with Crippen molar-refractivity contribution >= 4 is 10.9 Å². The quantitative estimate of drug-likeness (QED) is 0.830. The predicted octanol–water partition coefficient (Wildman–Crippen LogP) is 2.29. The Kier molecular flexibility index (Phi) is 2.88. The van der Waals surface area contributed by atoms with Crippen LogP contribution in [0.1, 0.15) is 16.8 Å². The topological polar surface area (TPSA) is 51.0 Å². The molecule has 1 heterocycles. The summed E-state index contributed by atoms with van der Waals surface area (Å²) in [6, 6.07) is 4.07. The lowest BCUT2D eigenvalue weighted by Gasteiger charge is -2.09. The molecule has 2 aromatic rings. The molecular weight excluding hydrogens is 200 g/mol. The molecule has 0 bridgehead atoms. The number of aromatic nitrogens is 1. The van der Waals surface area contributed by atoms with Crippen LogP contribution in [0.15, 0.2) is 12.1 Å². The van der Waals surface area contributed by atoms with Gasteiger partial charge in [0.25, 0.3) is 0 Å². The summed E-state index contributed by atoms with van der Waals surface area (Å²) in [4.78, 5) is 3.38. The third kappa shape index (κ3) is 1.57. The van der Waals surface area contributed by atoms with Crippen LogP contribution in [-0.4, -0.2) is 18.6 Å². The summed E-state index contributed by atoms with van der Waals surface area (Å²) in [6.45, 7) is 4.86. The molecule has 1 aromatic heterocycles. The molecule has 16 heavy (non-hydrogen) atoms. The van der Waals surface area contributed by atoms with E-state index < -0.39 is 0 Å². The number of ether oxygens (including phenoxy) is 1. The average Bonchev–Trinajstić information content (AvgIpc) is 2.56. The van der Waals surface area contributed by atoms with Crippen LogP contribution < -0.4 is 10.5 Å². The van der Waals surface area contributed by atoms with E-state index in [4.69, 9.17) is 10.5 Å². The first-order valence-electron chi connectivity index (χ1n) is 5.53. The van der Waals surface area contributed by atoms with E-state index in [1.165, 1.54) is 27.7 Å². The molecule has 0 aliphatic rings. The molecule has 3 nitrogen and oxygen atoms in total. The fourth-order valence-corrected chi connectivity index (χ4v) is 2.23. The molecule has 0 spiro atoms. The highest BCUT2D eigenvalue weighted by molar-refractivity contribution is 5.89. The molecule has 0 unspecified atom stereocenters. The molecule has 0 fully saturated rings. The van der Waals surface area contributed by atoms with Crippen LogP contribution >= 0.6 is 0 Å². The molecule has 0 amide bonds. The Morgan fingerprint density at radius 2 is 2.06 bits per heavy atom. The Balaban J connectivity index is 2.76. The second-order valence-corrected chi connectivity index (χ2v) is 4.08. The van der Waals surface area contributed by atoms with E-state index in [1.54, 1.807) is 7.11 Å². The van der Waals surface area contributed by atoms with Gasteiger partial charge in [0.05, 0.1) is 7.11 Å². The predicted molar refractivity (Wildman–Crippen MR) is 67.1 cm³/mol. The van der Waals surface area contributed by atoms with Gasteiger partial charge in [0.1, 0.15) is 5.75 Å². The minimum atomic E-state index is 0.638. The average molecular weight is 218 g/mol. The van der Waals surface area contributed by atoms with Gasteiger partial charge in [-0.3, -0.25) is 0 Å². The zero-order valence-electron chi connectivity index (χ0n) is 10.1. The Bertz CT molecular complexity index is 514. The van der Waals surface area contributed by atoms with Crippen LogP contribution in [0.2, 0.25) is 0 Å². The summed E-state index contributed by atoms with van der Waals surface area (Å²) in [5, 5.41) is 1.27. The molecule has 86 valence electrons. The van der Waals surface area contributed by atoms with Crippen molar-refractivity contribution in [2.75, 3.05) is 13.7 Å². The van der Waals surface area contributed by atoms with Crippen molar-refractivity contribution < 1.29 is 4.74 Å². The number of H-pyrrole nitrogens is 1. The van der Waals surface area contributed by atoms with Gasteiger partial charge in [0.2, 0.25) is 0 Å². The Morgan fingerprint density at radius 3 is 2.69 bits per heavy atom. The van der Waals surface area contributed by atoms with Crippen LogP contribution in [0.3, 0.4) is 0 Å². The van der Waals surface area contributed by atoms with Crippen molar-refractivity contribution in [3.8, 4) is 5.75 Å². The van der Waals surface area contributed by atoms with Gasteiger partial charge in [0, 0.05) is 22.2 Å². The molecule has 0 aliphatic carbocycles. The zero-order chi connectivity index (χ0) is 11.7. The number of nitrogens with two attached hydrogens (primary N) is 1. The third-order valence-electron chi connectivity index (χ3n) is 3.14. The summed E-state index contributed by atoms with van der Waals surface area (Å²) in [7, 11) is 1.70. The maximum Gasteiger partial charge on any atom is 0.122 e. The summed E-state index contributed by atoms with van der Waals surface area (Å²) in [6.07, 6.45) is 0.846. The van der Waals surface area contributed by atoms with Gasteiger partial charge in [-0.15, -0.1) is 0 Å². The number of aryl methyl sites for hydroxylation is 2. The number of fused-ring (bicyclic) bond motifs is 1. The molecule has 0 aliphatic heterocycles. The lowest BCUT2D eigenvalue weighted by atomic mass is 10.0.